The Morgan fingerprint density at radius 2 is 1.58 bits per heavy atom. The van der Waals surface area contributed by atoms with E-state index in [1.807, 2.05) is 37.3 Å². The van der Waals surface area contributed by atoms with E-state index in [0.29, 0.717) is 40.0 Å². The molecule has 1 heterocycles. The Hall–Kier alpha value is -3.28. The number of imidazole rings is 1. The third kappa shape index (κ3) is 3.13. The van der Waals surface area contributed by atoms with Gasteiger partial charge in [-0.1, -0.05) is 30.3 Å². The second kappa shape index (κ2) is 7.31. The normalized spacial score (nSPS) is 10.5. The van der Waals surface area contributed by atoms with Crippen LogP contribution >= 0.6 is 0 Å². The second-order valence-electron chi connectivity index (χ2n) is 5.67. The Morgan fingerprint density at radius 3 is 2.12 bits per heavy atom. The lowest BCUT2D eigenvalue weighted by Gasteiger charge is -2.13. The summed E-state index contributed by atoms with van der Waals surface area (Å²) in [4.78, 5) is 20.7. The van der Waals surface area contributed by atoms with Crippen LogP contribution in [0, 0.1) is 6.92 Å². The van der Waals surface area contributed by atoms with Gasteiger partial charge >= 0.3 is 0 Å². The van der Waals surface area contributed by atoms with E-state index in [-0.39, 0.29) is 5.78 Å². The van der Waals surface area contributed by atoms with Crippen LogP contribution in [0.3, 0.4) is 0 Å². The molecule has 0 bridgehead atoms. The molecule has 3 aromatic rings. The molecular formula is C20H20N2O4. The molecule has 0 spiro atoms. The Morgan fingerprint density at radius 1 is 0.962 bits per heavy atom. The second-order valence-corrected chi connectivity index (χ2v) is 5.67. The van der Waals surface area contributed by atoms with Gasteiger partial charge in [-0.15, -0.1) is 0 Å². The summed E-state index contributed by atoms with van der Waals surface area (Å²) in [6.07, 6.45) is 0. The average Bonchev–Trinajstić information content (AvgIpc) is 3.08. The van der Waals surface area contributed by atoms with Crippen molar-refractivity contribution in [1.29, 1.82) is 0 Å². The summed E-state index contributed by atoms with van der Waals surface area (Å²) >= 11 is 0. The number of nitrogens with zero attached hydrogens (tertiary/aromatic N) is 1. The Balaban J connectivity index is 2.04. The van der Waals surface area contributed by atoms with E-state index in [2.05, 4.69) is 9.97 Å². The number of aryl methyl sites for hydroxylation is 1. The number of methoxy groups -OCH3 is 3. The number of hydrogen-bond acceptors (Lipinski definition) is 5. The monoisotopic (exact) mass is 352 g/mol. The van der Waals surface area contributed by atoms with E-state index in [9.17, 15) is 4.79 Å². The summed E-state index contributed by atoms with van der Waals surface area (Å²) in [6, 6.07) is 12.9. The fraction of sp³-hybridized carbons (Fsp3) is 0.200. The number of carbonyl (C=O) groups is 1. The predicted octanol–water partition coefficient (Wildman–Crippen LogP) is 3.64. The molecule has 1 aromatic heterocycles. The SMILES string of the molecule is COc1cc(C(=O)c2nc(-c3ccccc3)[nH]c2C)cc(OC)c1OC. The molecule has 1 N–H and O–H groups in total. The van der Waals surface area contributed by atoms with Crippen molar-refractivity contribution < 1.29 is 19.0 Å². The molecule has 0 atom stereocenters. The standard InChI is InChI=1S/C20H20N2O4/c1-12-17(22-20(21-12)13-8-6-5-7-9-13)18(23)14-10-15(24-2)19(26-4)16(11-14)25-3/h5-11H,1-4H3,(H,21,22). The molecule has 6 nitrogen and oxygen atoms in total. The third-order valence-electron chi connectivity index (χ3n) is 4.07. The zero-order valence-electron chi connectivity index (χ0n) is 15.1. The van der Waals surface area contributed by atoms with Crippen LogP contribution in [0.1, 0.15) is 21.7 Å². The van der Waals surface area contributed by atoms with Crippen LogP contribution in [0.15, 0.2) is 42.5 Å². The van der Waals surface area contributed by atoms with E-state index in [4.69, 9.17) is 14.2 Å². The number of ether oxygens (including phenoxy) is 3. The highest BCUT2D eigenvalue weighted by molar-refractivity contribution is 6.09. The van der Waals surface area contributed by atoms with Crippen molar-refractivity contribution in [2.24, 2.45) is 0 Å². The Kier molecular flexibility index (Phi) is 4.93. The van der Waals surface area contributed by atoms with Crippen LogP contribution in [-0.2, 0) is 0 Å². The maximum atomic E-state index is 13.0. The fourth-order valence-electron chi connectivity index (χ4n) is 2.76. The highest BCUT2D eigenvalue weighted by atomic mass is 16.5. The number of aromatic amines is 1. The molecule has 0 amide bonds. The molecule has 134 valence electrons. The van der Waals surface area contributed by atoms with Crippen LogP contribution in [0.5, 0.6) is 17.2 Å². The first-order chi connectivity index (χ1) is 12.6. The van der Waals surface area contributed by atoms with Gasteiger partial charge in [-0.25, -0.2) is 4.98 Å². The van der Waals surface area contributed by atoms with Crippen molar-refractivity contribution >= 4 is 5.78 Å². The minimum atomic E-state index is -0.222. The maximum absolute atomic E-state index is 13.0. The van der Waals surface area contributed by atoms with Gasteiger partial charge in [-0.3, -0.25) is 4.79 Å². The smallest absolute Gasteiger partial charge is 0.213 e. The van der Waals surface area contributed by atoms with Gasteiger partial charge in [0.1, 0.15) is 11.5 Å². The average molecular weight is 352 g/mol. The topological polar surface area (TPSA) is 73.4 Å². The van der Waals surface area contributed by atoms with Crippen molar-refractivity contribution in [2.75, 3.05) is 21.3 Å². The van der Waals surface area contributed by atoms with E-state index in [1.165, 1.54) is 21.3 Å². The van der Waals surface area contributed by atoms with Crippen molar-refractivity contribution in [3.8, 4) is 28.6 Å². The molecule has 26 heavy (non-hydrogen) atoms. The quantitative estimate of drug-likeness (QED) is 0.686. The van der Waals surface area contributed by atoms with Crippen molar-refractivity contribution in [2.45, 2.75) is 6.92 Å². The molecule has 0 fully saturated rings. The number of H-pyrrole nitrogens is 1. The van der Waals surface area contributed by atoms with Gasteiger partial charge in [0.25, 0.3) is 0 Å². The summed E-state index contributed by atoms with van der Waals surface area (Å²) < 4.78 is 16.0. The predicted molar refractivity (Wildman–Crippen MR) is 98.3 cm³/mol. The zero-order chi connectivity index (χ0) is 18.7. The molecule has 0 unspecified atom stereocenters. The molecule has 6 heteroatoms. The molecule has 0 saturated heterocycles. The first kappa shape index (κ1) is 17.5. The largest absolute Gasteiger partial charge is 0.493 e. The van der Waals surface area contributed by atoms with Gasteiger partial charge in [0, 0.05) is 16.8 Å². The van der Waals surface area contributed by atoms with Gasteiger partial charge in [0.2, 0.25) is 11.5 Å². The van der Waals surface area contributed by atoms with Gasteiger partial charge < -0.3 is 19.2 Å². The van der Waals surface area contributed by atoms with Crippen LogP contribution in [0.25, 0.3) is 11.4 Å². The van der Waals surface area contributed by atoms with Crippen LogP contribution in [-0.4, -0.2) is 37.1 Å². The minimum absolute atomic E-state index is 0.222. The summed E-state index contributed by atoms with van der Waals surface area (Å²) in [7, 11) is 4.55. The lowest BCUT2D eigenvalue weighted by molar-refractivity contribution is 0.103. The number of hydrogen-bond donors (Lipinski definition) is 1. The Labute approximate surface area is 151 Å². The van der Waals surface area contributed by atoms with E-state index in [1.54, 1.807) is 12.1 Å². The minimum Gasteiger partial charge on any atom is -0.493 e. The number of rotatable bonds is 6. The van der Waals surface area contributed by atoms with Crippen LogP contribution < -0.4 is 14.2 Å². The molecule has 0 aliphatic heterocycles. The highest BCUT2D eigenvalue weighted by Crippen LogP contribution is 2.38. The molecule has 2 aromatic carbocycles. The van der Waals surface area contributed by atoms with Crippen molar-refractivity contribution in [3.05, 3.63) is 59.4 Å². The number of ketones is 1. The number of aromatic nitrogens is 2. The summed E-state index contributed by atoms with van der Waals surface area (Å²) in [5.74, 6) is 1.72. The van der Waals surface area contributed by atoms with Gasteiger partial charge in [0.15, 0.2) is 11.5 Å². The van der Waals surface area contributed by atoms with E-state index < -0.39 is 0 Å². The summed E-state index contributed by atoms with van der Waals surface area (Å²) in [6.45, 7) is 1.82. The fourth-order valence-corrected chi connectivity index (χ4v) is 2.76. The van der Waals surface area contributed by atoms with E-state index in [0.717, 1.165) is 5.56 Å². The molecular weight excluding hydrogens is 332 g/mol. The summed E-state index contributed by atoms with van der Waals surface area (Å²) in [5, 5.41) is 0. The molecule has 3 rings (SSSR count). The van der Waals surface area contributed by atoms with Crippen LogP contribution in [0.4, 0.5) is 0 Å². The number of benzene rings is 2. The molecule has 0 saturated carbocycles. The molecule has 0 aliphatic rings. The lowest BCUT2D eigenvalue weighted by Crippen LogP contribution is -2.06. The van der Waals surface area contributed by atoms with E-state index >= 15 is 0 Å². The number of nitrogens with one attached hydrogen (secondary N) is 1. The first-order valence-corrected chi connectivity index (χ1v) is 8.05. The summed E-state index contributed by atoms with van der Waals surface area (Å²) in [5.41, 5.74) is 2.38. The van der Waals surface area contributed by atoms with Crippen molar-refractivity contribution in [3.63, 3.8) is 0 Å². The molecule has 0 aliphatic carbocycles. The van der Waals surface area contributed by atoms with Gasteiger partial charge in [0.05, 0.1) is 21.3 Å². The molecule has 0 radical (unpaired) electrons. The maximum Gasteiger partial charge on any atom is 0.213 e. The lowest BCUT2D eigenvalue weighted by atomic mass is 10.1. The highest BCUT2D eigenvalue weighted by Gasteiger charge is 2.22. The Bertz CT molecular complexity index is 907. The van der Waals surface area contributed by atoms with Gasteiger partial charge in [-0.05, 0) is 19.1 Å². The first-order valence-electron chi connectivity index (χ1n) is 8.05. The van der Waals surface area contributed by atoms with Gasteiger partial charge in [-0.2, -0.15) is 0 Å². The zero-order valence-corrected chi connectivity index (χ0v) is 15.1. The van der Waals surface area contributed by atoms with Crippen molar-refractivity contribution in [1.82, 2.24) is 9.97 Å². The third-order valence-corrected chi connectivity index (χ3v) is 4.07. The number of carbonyl (C=O) groups excluding carboxylic acids is 1. The van der Waals surface area contributed by atoms with Crippen LogP contribution in [0.2, 0.25) is 0 Å².